The molecule has 118 valence electrons. The van der Waals surface area contributed by atoms with Crippen LogP contribution < -0.4 is 10.1 Å². The molecule has 0 bridgehead atoms. The lowest BCUT2D eigenvalue weighted by molar-refractivity contribution is -0.384. The highest BCUT2D eigenvalue weighted by atomic mass is 32.1. The summed E-state index contributed by atoms with van der Waals surface area (Å²) >= 11 is 1.44. The predicted molar refractivity (Wildman–Crippen MR) is 85.1 cm³/mol. The van der Waals surface area contributed by atoms with Gasteiger partial charge in [-0.15, -0.1) is 10.2 Å². The van der Waals surface area contributed by atoms with E-state index in [1.807, 2.05) is 0 Å². The van der Waals surface area contributed by atoms with Gasteiger partial charge in [-0.1, -0.05) is 11.3 Å². The standard InChI is InChI=1S/C14H18N4O3S/c1-14(2,3)15-8-12-16-17-13(22-12)10-6-5-9(18(19)20)7-11(10)21-4/h5-7,15H,8H2,1-4H3. The zero-order valence-electron chi connectivity index (χ0n) is 12.9. The summed E-state index contributed by atoms with van der Waals surface area (Å²) in [4.78, 5) is 10.4. The fraction of sp³-hybridized carbons (Fsp3) is 0.429. The molecule has 0 atom stereocenters. The molecule has 0 spiro atoms. The van der Waals surface area contributed by atoms with Gasteiger partial charge in [0.05, 0.1) is 30.2 Å². The van der Waals surface area contributed by atoms with Crippen LogP contribution >= 0.6 is 11.3 Å². The maximum Gasteiger partial charge on any atom is 0.273 e. The van der Waals surface area contributed by atoms with Gasteiger partial charge in [-0.05, 0) is 26.8 Å². The van der Waals surface area contributed by atoms with Gasteiger partial charge in [0.2, 0.25) is 0 Å². The van der Waals surface area contributed by atoms with Crippen molar-refractivity contribution < 1.29 is 9.66 Å². The van der Waals surface area contributed by atoms with E-state index in [2.05, 4.69) is 36.3 Å². The Balaban J connectivity index is 2.25. The maximum atomic E-state index is 10.8. The first kappa shape index (κ1) is 16.3. The molecule has 0 saturated carbocycles. The third kappa shape index (κ3) is 3.99. The van der Waals surface area contributed by atoms with Gasteiger partial charge >= 0.3 is 0 Å². The van der Waals surface area contributed by atoms with Gasteiger partial charge in [0.1, 0.15) is 10.8 Å². The Morgan fingerprint density at radius 3 is 2.68 bits per heavy atom. The summed E-state index contributed by atoms with van der Waals surface area (Å²) in [6.45, 7) is 6.85. The maximum absolute atomic E-state index is 10.8. The van der Waals surface area contributed by atoms with Crippen molar-refractivity contribution in [2.75, 3.05) is 7.11 Å². The third-order valence-corrected chi connectivity index (χ3v) is 3.82. The SMILES string of the molecule is COc1cc([N+](=O)[O-])ccc1-c1nnc(CNC(C)(C)C)s1. The van der Waals surface area contributed by atoms with E-state index in [1.54, 1.807) is 6.07 Å². The number of non-ortho nitro benzene ring substituents is 1. The summed E-state index contributed by atoms with van der Waals surface area (Å²) in [5.74, 6) is 0.417. The van der Waals surface area contributed by atoms with E-state index >= 15 is 0 Å². The van der Waals surface area contributed by atoms with Crippen molar-refractivity contribution in [3.8, 4) is 16.3 Å². The Morgan fingerprint density at radius 2 is 2.09 bits per heavy atom. The van der Waals surface area contributed by atoms with Crippen molar-refractivity contribution in [3.05, 3.63) is 33.3 Å². The largest absolute Gasteiger partial charge is 0.496 e. The van der Waals surface area contributed by atoms with Gasteiger partial charge in [-0.3, -0.25) is 10.1 Å². The highest BCUT2D eigenvalue weighted by molar-refractivity contribution is 7.14. The van der Waals surface area contributed by atoms with Crippen molar-refractivity contribution in [1.82, 2.24) is 15.5 Å². The van der Waals surface area contributed by atoms with Gasteiger partial charge in [-0.2, -0.15) is 0 Å². The number of nitro groups is 1. The normalized spacial score (nSPS) is 11.5. The van der Waals surface area contributed by atoms with Crippen LogP contribution in [0.2, 0.25) is 0 Å². The lowest BCUT2D eigenvalue weighted by atomic mass is 10.1. The molecule has 0 aliphatic carbocycles. The summed E-state index contributed by atoms with van der Waals surface area (Å²) in [6.07, 6.45) is 0. The zero-order valence-corrected chi connectivity index (χ0v) is 13.7. The molecule has 0 unspecified atom stereocenters. The van der Waals surface area contributed by atoms with Crippen LogP contribution in [0.1, 0.15) is 25.8 Å². The number of methoxy groups -OCH3 is 1. The summed E-state index contributed by atoms with van der Waals surface area (Å²) < 4.78 is 5.23. The Labute approximate surface area is 132 Å². The Morgan fingerprint density at radius 1 is 1.36 bits per heavy atom. The van der Waals surface area contributed by atoms with Crippen molar-refractivity contribution in [2.45, 2.75) is 32.9 Å². The van der Waals surface area contributed by atoms with Crippen LogP contribution in [0.3, 0.4) is 0 Å². The zero-order chi connectivity index (χ0) is 16.3. The Bertz CT molecular complexity index is 679. The lowest BCUT2D eigenvalue weighted by Crippen LogP contribution is -2.35. The van der Waals surface area contributed by atoms with E-state index in [4.69, 9.17) is 4.74 Å². The van der Waals surface area contributed by atoms with E-state index in [9.17, 15) is 10.1 Å². The predicted octanol–water partition coefficient (Wildman–Crippen LogP) is 3.01. The smallest absolute Gasteiger partial charge is 0.273 e. The minimum Gasteiger partial charge on any atom is -0.496 e. The number of rotatable bonds is 5. The Hall–Kier alpha value is -2.06. The molecular formula is C14H18N4O3S. The van der Waals surface area contributed by atoms with Gasteiger partial charge in [0.15, 0.2) is 5.01 Å². The molecule has 1 N–H and O–H groups in total. The first-order chi connectivity index (χ1) is 10.3. The van der Waals surface area contributed by atoms with Crippen LogP contribution in [0, 0.1) is 10.1 Å². The van der Waals surface area contributed by atoms with E-state index in [-0.39, 0.29) is 11.2 Å². The van der Waals surface area contributed by atoms with Crippen LogP contribution in [0.25, 0.3) is 10.6 Å². The van der Waals surface area contributed by atoms with Crippen LogP contribution in [-0.4, -0.2) is 27.8 Å². The van der Waals surface area contributed by atoms with Crippen molar-refractivity contribution in [3.63, 3.8) is 0 Å². The molecule has 0 saturated heterocycles. The van der Waals surface area contributed by atoms with Crippen molar-refractivity contribution in [1.29, 1.82) is 0 Å². The second-order valence-corrected chi connectivity index (χ2v) is 6.81. The molecule has 0 aliphatic rings. The van der Waals surface area contributed by atoms with E-state index in [1.165, 1.54) is 30.6 Å². The molecule has 8 heteroatoms. The molecule has 1 heterocycles. The molecule has 22 heavy (non-hydrogen) atoms. The summed E-state index contributed by atoms with van der Waals surface area (Å²) in [5.41, 5.74) is 0.684. The van der Waals surface area contributed by atoms with Crippen molar-refractivity contribution in [2.24, 2.45) is 0 Å². The fourth-order valence-corrected chi connectivity index (χ4v) is 2.55. The molecule has 7 nitrogen and oxygen atoms in total. The quantitative estimate of drug-likeness (QED) is 0.672. The summed E-state index contributed by atoms with van der Waals surface area (Å²) in [6, 6.07) is 4.47. The number of nitrogens with zero attached hydrogens (tertiary/aromatic N) is 3. The molecule has 0 aliphatic heterocycles. The number of hydrogen-bond donors (Lipinski definition) is 1. The second kappa shape index (κ2) is 6.37. The van der Waals surface area contributed by atoms with Gasteiger partial charge in [0.25, 0.3) is 5.69 Å². The first-order valence-corrected chi connectivity index (χ1v) is 7.52. The molecule has 2 aromatic rings. The molecule has 1 aromatic carbocycles. The second-order valence-electron chi connectivity index (χ2n) is 5.75. The highest BCUT2D eigenvalue weighted by Crippen LogP contribution is 2.34. The average Bonchev–Trinajstić information content (AvgIpc) is 2.92. The topological polar surface area (TPSA) is 90.2 Å². The molecule has 0 radical (unpaired) electrons. The van der Waals surface area contributed by atoms with Gasteiger partial charge in [0, 0.05) is 11.6 Å². The van der Waals surface area contributed by atoms with Gasteiger partial charge < -0.3 is 10.1 Å². The number of nitro benzene ring substituents is 1. The van der Waals surface area contributed by atoms with E-state index in [0.717, 1.165) is 5.01 Å². The number of benzene rings is 1. The first-order valence-electron chi connectivity index (χ1n) is 6.70. The van der Waals surface area contributed by atoms with Crippen LogP contribution in [-0.2, 0) is 6.54 Å². The average molecular weight is 322 g/mol. The van der Waals surface area contributed by atoms with E-state index < -0.39 is 4.92 Å². The molecule has 1 aromatic heterocycles. The molecule has 0 amide bonds. The third-order valence-electron chi connectivity index (χ3n) is 2.86. The van der Waals surface area contributed by atoms with Crippen LogP contribution in [0.5, 0.6) is 5.75 Å². The van der Waals surface area contributed by atoms with E-state index in [0.29, 0.717) is 22.9 Å². The summed E-state index contributed by atoms with van der Waals surface area (Å²) in [7, 11) is 1.48. The van der Waals surface area contributed by atoms with Crippen LogP contribution in [0.15, 0.2) is 18.2 Å². The molecule has 2 rings (SSSR count). The highest BCUT2D eigenvalue weighted by Gasteiger charge is 2.17. The summed E-state index contributed by atoms with van der Waals surface area (Å²) in [5, 5.41) is 24.0. The molecular weight excluding hydrogens is 304 g/mol. The minimum absolute atomic E-state index is 0.00309. The number of nitrogens with one attached hydrogen (secondary N) is 1. The monoisotopic (exact) mass is 322 g/mol. The number of ether oxygens (including phenoxy) is 1. The van der Waals surface area contributed by atoms with Crippen LogP contribution in [0.4, 0.5) is 5.69 Å². The molecule has 0 fully saturated rings. The fourth-order valence-electron chi connectivity index (χ4n) is 1.74. The van der Waals surface area contributed by atoms with Crippen molar-refractivity contribution >= 4 is 17.0 Å². The minimum atomic E-state index is -0.453. The number of aromatic nitrogens is 2. The van der Waals surface area contributed by atoms with Gasteiger partial charge in [-0.25, -0.2) is 0 Å². The number of hydrogen-bond acceptors (Lipinski definition) is 7. The lowest BCUT2D eigenvalue weighted by Gasteiger charge is -2.19. The Kier molecular flexibility index (Phi) is 4.72.